The Hall–Kier alpha value is -3.23. The first-order valence-electron chi connectivity index (χ1n) is 11.4. The van der Waals surface area contributed by atoms with Gasteiger partial charge < -0.3 is 15.0 Å². The molecular formula is C25H28N4O4. The van der Waals surface area contributed by atoms with Crippen molar-refractivity contribution in [2.24, 2.45) is 0 Å². The monoisotopic (exact) mass is 448 g/mol. The Balaban J connectivity index is 1.32. The molecule has 0 aromatic heterocycles. The number of hydrogen-bond donors (Lipinski definition) is 1. The van der Waals surface area contributed by atoms with E-state index in [-0.39, 0.29) is 24.3 Å². The fraction of sp³-hybridized carbons (Fsp3) is 0.400. The second-order valence-electron chi connectivity index (χ2n) is 8.99. The van der Waals surface area contributed by atoms with E-state index in [0.717, 1.165) is 38.4 Å². The van der Waals surface area contributed by atoms with Gasteiger partial charge in [-0.25, -0.2) is 0 Å². The number of benzene rings is 2. The molecule has 3 amide bonds. The van der Waals surface area contributed by atoms with E-state index in [0.29, 0.717) is 29.8 Å². The molecule has 1 atom stereocenters. The van der Waals surface area contributed by atoms with Gasteiger partial charge in [0.2, 0.25) is 11.8 Å². The van der Waals surface area contributed by atoms with Crippen molar-refractivity contribution < 1.29 is 19.1 Å². The second kappa shape index (κ2) is 8.61. The number of para-hydroxylation sites is 1. The molecule has 3 aliphatic rings. The van der Waals surface area contributed by atoms with Gasteiger partial charge in [0.15, 0.2) is 0 Å². The van der Waals surface area contributed by atoms with Crippen LogP contribution in [0.3, 0.4) is 0 Å². The quantitative estimate of drug-likeness (QED) is 0.760. The van der Waals surface area contributed by atoms with Crippen molar-refractivity contribution >= 4 is 29.1 Å². The van der Waals surface area contributed by atoms with Crippen LogP contribution in [0.15, 0.2) is 48.5 Å². The molecule has 0 spiro atoms. The number of anilines is 2. The maximum Gasteiger partial charge on any atom is 0.258 e. The molecular weight excluding hydrogens is 420 g/mol. The van der Waals surface area contributed by atoms with Crippen molar-refractivity contribution in [2.75, 3.05) is 43.1 Å². The average molecular weight is 449 g/mol. The summed E-state index contributed by atoms with van der Waals surface area (Å²) >= 11 is 0. The SMILES string of the molecule is CC12CCC(=O)N1c1ccccc1C(=O)N2CC(=O)Nc1cccc(CN2CCOCC2)c1. The Morgan fingerprint density at radius 3 is 2.70 bits per heavy atom. The van der Waals surface area contributed by atoms with Crippen LogP contribution in [0, 0.1) is 0 Å². The van der Waals surface area contributed by atoms with E-state index in [9.17, 15) is 14.4 Å². The highest BCUT2D eigenvalue weighted by Crippen LogP contribution is 2.43. The molecule has 0 aliphatic carbocycles. The topological polar surface area (TPSA) is 82.2 Å². The Bertz CT molecular complexity index is 1100. The first-order chi connectivity index (χ1) is 16.0. The van der Waals surface area contributed by atoms with Crippen molar-refractivity contribution in [2.45, 2.75) is 32.0 Å². The number of nitrogens with one attached hydrogen (secondary N) is 1. The van der Waals surface area contributed by atoms with Gasteiger partial charge in [-0.3, -0.25) is 24.2 Å². The number of carbonyl (C=O) groups excluding carboxylic acids is 3. The summed E-state index contributed by atoms with van der Waals surface area (Å²) in [6, 6.07) is 14.9. The van der Waals surface area contributed by atoms with Gasteiger partial charge in [0.25, 0.3) is 5.91 Å². The van der Waals surface area contributed by atoms with Crippen molar-refractivity contribution in [1.82, 2.24) is 9.80 Å². The normalized spacial score (nSPS) is 22.8. The third kappa shape index (κ3) is 4.00. The summed E-state index contributed by atoms with van der Waals surface area (Å²) in [5.41, 5.74) is 2.03. The highest BCUT2D eigenvalue weighted by atomic mass is 16.5. The standard InChI is InChI=1S/C25H28N4O4/c1-25-10-9-23(31)29(25)21-8-3-2-7-20(21)24(32)28(25)17-22(30)26-19-6-4-5-18(15-19)16-27-11-13-33-14-12-27/h2-8,15H,9-14,16-17H2,1H3,(H,26,30). The summed E-state index contributed by atoms with van der Waals surface area (Å²) in [5.74, 6) is -0.541. The van der Waals surface area contributed by atoms with E-state index < -0.39 is 5.66 Å². The first-order valence-corrected chi connectivity index (χ1v) is 11.4. The molecule has 0 saturated carbocycles. The predicted octanol–water partition coefficient (Wildman–Crippen LogP) is 2.46. The van der Waals surface area contributed by atoms with E-state index in [2.05, 4.69) is 10.2 Å². The lowest BCUT2D eigenvalue weighted by Crippen LogP contribution is -2.63. The van der Waals surface area contributed by atoms with Crippen LogP contribution in [-0.4, -0.2) is 66.0 Å². The lowest BCUT2D eigenvalue weighted by molar-refractivity contribution is -0.120. The molecule has 172 valence electrons. The van der Waals surface area contributed by atoms with E-state index in [1.54, 1.807) is 23.1 Å². The van der Waals surface area contributed by atoms with Crippen LogP contribution >= 0.6 is 0 Å². The Labute approximate surface area is 193 Å². The zero-order valence-electron chi connectivity index (χ0n) is 18.8. The van der Waals surface area contributed by atoms with E-state index in [4.69, 9.17) is 4.74 Å². The van der Waals surface area contributed by atoms with Gasteiger partial charge in [0, 0.05) is 31.7 Å². The number of carbonyl (C=O) groups is 3. The minimum atomic E-state index is -0.849. The van der Waals surface area contributed by atoms with Crippen LogP contribution in [0.2, 0.25) is 0 Å². The molecule has 33 heavy (non-hydrogen) atoms. The molecule has 0 radical (unpaired) electrons. The summed E-state index contributed by atoms with van der Waals surface area (Å²) in [6.07, 6.45) is 0.841. The van der Waals surface area contributed by atoms with Gasteiger partial charge in [0.1, 0.15) is 12.2 Å². The van der Waals surface area contributed by atoms with E-state index in [1.807, 2.05) is 37.3 Å². The smallest absolute Gasteiger partial charge is 0.258 e. The lowest BCUT2D eigenvalue weighted by Gasteiger charge is -2.48. The molecule has 1 N–H and O–H groups in total. The Morgan fingerprint density at radius 1 is 1.09 bits per heavy atom. The highest BCUT2D eigenvalue weighted by molar-refractivity contribution is 6.11. The molecule has 2 aromatic carbocycles. The van der Waals surface area contributed by atoms with Crippen LogP contribution in [0.5, 0.6) is 0 Å². The van der Waals surface area contributed by atoms with Gasteiger partial charge in [-0.1, -0.05) is 24.3 Å². The Kier molecular flexibility index (Phi) is 5.64. The maximum absolute atomic E-state index is 13.3. The molecule has 2 fully saturated rings. The molecule has 2 aromatic rings. The maximum atomic E-state index is 13.3. The number of hydrogen-bond acceptors (Lipinski definition) is 5. The summed E-state index contributed by atoms with van der Waals surface area (Å²) in [5, 5.41) is 2.94. The number of rotatable bonds is 5. The number of morpholine rings is 1. The van der Waals surface area contributed by atoms with Crippen LogP contribution in [0.25, 0.3) is 0 Å². The molecule has 3 aliphatic heterocycles. The van der Waals surface area contributed by atoms with Gasteiger partial charge >= 0.3 is 0 Å². The molecule has 2 saturated heterocycles. The van der Waals surface area contributed by atoms with Crippen LogP contribution < -0.4 is 10.2 Å². The van der Waals surface area contributed by atoms with Gasteiger partial charge in [-0.15, -0.1) is 0 Å². The second-order valence-corrected chi connectivity index (χ2v) is 8.99. The van der Waals surface area contributed by atoms with Crippen LogP contribution in [-0.2, 0) is 20.9 Å². The summed E-state index contributed by atoms with van der Waals surface area (Å²) < 4.78 is 5.41. The van der Waals surface area contributed by atoms with E-state index >= 15 is 0 Å². The minimum Gasteiger partial charge on any atom is -0.379 e. The molecule has 3 heterocycles. The third-order valence-corrected chi connectivity index (χ3v) is 6.77. The highest BCUT2D eigenvalue weighted by Gasteiger charge is 2.53. The summed E-state index contributed by atoms with van der Waals surface area (Å²) in [4.78, 5) is 44.6. The van der Waals surface area contributed by atoms with Crippen molar-refractivity contribution in [3.63, 3.8) is 0 Å². The third-order valence-electron chi connectivity index (χ3n) is 6.77. The average Bonchev–Trinajstić information content (AvgIpc) is 3.13. The minimum absolute atomic E-state index is 0.0290. The molecule has 0 bridgehead atoms. The van der Waals surface area contributed by atoms with Crippen LogP contribution in [0.1, 0.15) is 35.7 Å². The van der Waals surface area contributed by atoms with Gasteiger partial charge in [0.05, 0.1) is 24.5 Å². The van der Waals surface area contributed by atoms with E-state index in [1.165, 1.54) is 4.90 Å². The Morgan fingerprint density at radius 2 is 1.88 bits per heavy atom. The molecule has 8 heteroatoms. The largest absolute Gasteiger partial charge is 0.379 e. The molecule has 8 nitrogen and oxygen atoms in total. The zero-order valence-corrected chi connectivity index (χ0v) is 18.8. The van der Waals surface area contributed by atoms with Crippen molar-refractivity contribution in [1.29, 1.82) is 0 Å². The molecule has 1 unspecified atom stereocenters. The van der Waals surface area contributed by atoms with Gasteiger partial charge in [-0.2, -0.15) is 0 Å². The number of fused-ring (bicyclic) bond motifs is 3. The zero-order chi connectivity index (χ0) is 23.0. The lowest BCUT2D eigenvalue weighted by atomic mass is 9.98. The molecule has 5 rings (SSSR count). The number of nitrogens with zero attached hydrogens (tertiary/aromatic N) is 3. The fourth-order valence-electron chi connectivity index (χ4n) is 5.05. The first kappa shape index (κ1) is 21.6. The van der Waals surface area contributed by atoms with Crippen molar-refractivity contribution in [3.8, 4) is 0 Å². The summed E-state index contributed by atoms with van der Waals surface area (Å²) in [6.45, 7) is 5.79. The number of ether oxygens (including phenoxy) is 1. The summed E-state index contributed by atoms with van der Waals surface area (Å²) in [7, 11) is 0. The van der Waals surface area contributed by atoms with Crippen molar-refractivity contribution in [3.05, 3.63) is 59.7 Å². The fourth-order valence-corrected chi connectivity index (χ4v) is 5.05. The van der Waals surface area contributed by atoms with Crippen LogP contribution in [0.4, 0.5) is 11.4 Å². The predicted molar refractivity (Wildman–Crippen MR) is 124 cm³/mol. The number of amides is 3. The van der Waals surface area contributed by atoms with Gasteiger partial charge in [-0.05, 0) is 43.2 Å².